The molecule has 0 spiro atoms. The summed E-state index contributed by atoms with van der Waals surface area (Å²) in [4.78, 5) is 21.2. The van der Waals surface area contributed by atoms with Gasteiger partial charge in [-0.25, -0.2) is 0 Å². The summed E-state index contributed by atoms with van der Waals surface area (Å²) in [6, 6.07) is 0. The first-order valence-corrected chi connectivity index (χ1v) is 10.0. The second kappa shape index (κ2) is 10.8. The third kappa shape index (κ3) is 5.47. The van der Waals surface area contributed by atoms with E-state index < -0.39 is 0 Å². The van der Waals surface area contributed by atoms with Crippen LogP contribution in [0.3, 0.4) is 0 Å². The number of aliphatic imine (C=N–C) groups is 1. The molecule has 0 atom stereocenters. The van der Waals surface area contributed by atoms with Crippen molar-refractivity contribution in [1.29, 1.82) is 0 Å². The molecule has 0 aromatic carbocycles. The first-order valence-electron chi connectivity index (χ1n) is 10.0. The molecule has 0 aromatic rings. The first kappa shape index (κ1) is 22.7. The number of carbonyl (C=O) groups is 1. The number of piperidine rings is 1. The van der Waals surface area contributed by atoms with E-state index in [-0.39, 0.29) is 41.4 Å². The Hall–Kier alpha value is -0.610. The van der Waals surface area contributed by atoms with Crippen LogP contribution >= 0.6 is 24.0 Å². The molecule has 0 aliphatic carbocycles. The summed E-state index contributed by atoms with van der Waals surface area (Å²) < 4.78 is 10.5. The van der Waals surface area contributed by atoms with Crippen LogP contribution < -0.4 is 5.32 Å². The zero-order valence-electron chi connectivity index (χ0n) is 16.7. The molecule has 3 aliphatic heterocycles. The molecule has 3 fully saturated rings. The van der Waals surface area contributed by atoms with E-state index in [9.17, 15) is 4.79 Å². The average Bonchev–Trinajstić information content (AvgIpc) is 3.24. The Bertz CT molecular complexity index is 497. The van der Waals surface area contributed by atoms with Gasteiger partial charge in [-0.15, -0.1) is 24.0 Å². The summed E-state index contributed by atoms with van der Waals surface area (Å²) >= 11 is 0. The Morgan fingerprint density at radius 1 is 1.19 bits per heavy atom. The minimum atomic E-state index is -0.0808. The van der Waals surface area contributed by atoms with Crippen LogP contribution in [0.1, 0.15) is 38.5 Å². The smallest absolute Gasteiger partial charge is 0.308 e. The maximum atomic E-state index is 11.7. The topological polar surface area (TPSA) is 66.4 Å². The minimum Gasteiger partial charge on any atom is -0.469 e. The second-order valence-electron chi connectivity index (χ2n) is 7.72. The van der Waals surface area contributed by atoms with Crippen molar-refractivity contribution in [2.75, 3.05) is 60.1 Å². The molecule has 0 unspecified atom stereocenters. The van der Waals surface area contributed by atoms with E-state index in [1.807, 2.05) is 7.05 Å². The second-order valence-corrected chi connectivity index (χ2v) is 7.72. The summed E-state index contributed by atoms with van der Waals surface area (Å²) in [6.45, 7) is 6.71. The van der Waals surface area contributed by atoms with E-state index in [1.54, 1.807) is 0 Å². The highest BCUT2D eigenvalue weighted by molar-refractivity contribution is 14.0. The summed E-state index contributed by atoms with van der Waals surface area (Å²) in [5.74, 6) is 0.905. The lowest BCUT2D eigenvalue weighted by atomic mass is 9.88. The highest BCUT2D eigenvalue weighted by Gasteiger charge is 2.40. The van der Waals surface area contributed by atoms with Gasteiger partial charge in [-0.3, -0.25) is 14.7 Å². The number of methoxy groups -OCH3 is 1. The third-order valence-corrected chi connectivity index (χ3v) is 6.32. The average molecular weight is 494 g/mol. The maximum absolute atomic E-state index is 11.7. The molecule has 156 valence electrons. The Morgan fingerprint density at radius 2 is 1.81 bits per heavy atom. The van der Waals surface area contributed by atoms with Gasteiger partial charge in [0, 0.05) is 45.4 Å². The van der Waals surface area contributed by atoms with Crippen molar-refractivity contribution < 1.29 is 14.3 Å². The van der Waals surface area contributed by atoms with Gasteiger partial charge in [-0.05, 0) is 51.6 Å². The molecule has 7 nitrogen and oxygen atoms in total. The van der Waals surface area contributed by atoms with Crippen LogP contribution in [0.2, 0.25) is 0 Å². The molecule has 3 aliphatic rings. The number of rotatable bonds is 4. The molecule has 27 heavy (non-hydrogen) atoms. The van der Waals surface area contributed by atoms with Gasteiger partial charge in [0.2, 0.25) is 0 Å². The molecule has 8 heteroatoms. The standard InChI is InChI=1S/C19H34N4O3.HI/c1-20-18(22-11-5-16(6-12-22)17(24)25-2)21-15-19(7-13-26-14-8-19)23-9-3-4-10-23;/h16H,3-15H2,1-2H3,(H,20,21);1H. The Balaban J connectivity index is 0.00000261. The molecular weight excluding hydrogens is 459 g/mol. The van der Waals surface area contributed by atoms with Gasteiger partial charge in [-0.1, -0.05) is 0 Å². The number of esters is 1. The SMILES string of the molecule is CN=C(NCC1(N2CCCC2)CCOCC1)N1CCC(C(=O)OC)CC1.I. The lowest BCUT2D eigenvalue weighted by Gasteiger charge is -2.45. The van der Waals surface area contributed by atoms with Crippen LogP contribution in [0.4, 0.5) is 0 Å². The molecule has 1 N–H and O–H groups in total. The summed E-state index contributed by atoms with van der Waals surface area (Å²) in [5.41, 5.74) is 0.190. The fourth-order valence-corrected chi connectivity index (χ4v) is 4.62. The third-order valence-electron chi connectivity index (χ3n) is 6.32. The Morgan fingerprint density at radius 3 is 2.37 bits per heavy atom. The van der Waals surface area contributed by atoms with Crippen molar-refractivity contribution in [3.8, 4) is 0 Å². The molecular formula is C19H35IN4O3. The van der Waals surface area contributed by atoms with Crippen LogP contribution in [-0.2, 0) is 14.3 Å². The van der Waals surface area contributed by atoms with Gasteiger partial charge in [0.1, 0.15) is 0 Å². The number of nitrogens with one attached hydrogen (secondary N) is 1. The normalized spacial score (nSPS) is 24.4. The van der Waals surface area contributed by atoms with Crippen LogP contribution in [0.5, 0.6) is 0 Å². The molecule has 3 saturated heterocycles. The van der Waals surface area contributed by atoms with Gasteiger partial charge in [0.05, 0.1) is 13.0 Å². The van der Waals surface area contributed by atoms with Crippen LogP contribution in [0.25, 0.3) is 0 Å². The van der Waals surface area contributed by atoms with Crippen LogP contribution in [0, 0.1) is 5.92 Å². The number of hydrogen-bond acceptors (Lipinski definition) is 5. The fraction of sp³-hybridized carbons (Fsp3) is 0.895. The van der Waals surface area contributed by atoms with E-state index in [0.717, 1.165) is 64.5 Å². The van der Waals surface area contributed by atoms with Gasteiger partial charge >= 0.3 is 5.97 Å². The highest BCUT2D eigenvalue weighted by atomic mass is 127. The summed E-state index contributed by atoms with van der Waals surface area (Å²) in [7, 11) is 3.32. The molecule has 0 amide bonds. The van der Waals surface area contributed by atoms with Crippen molar-refractivity contribution in [1.82, 2.24) is 15.1 Å². The molecule has 0 radical (unpaired) electrons. The van der Waals surface area contributed by atoms with E-state index in [1.165, 1.54) is 33.0 Å². The Kier molecular flexibility index (Phi) is 9.07. The molecule has 3 rings (SSSR count). The Labute approximate surface area is 180 Å². The van der Waals surface area contributed by atoms with E-state index in [2.05, 4.69) is 20.1 Å². The molecule has 3 heterocycles. The quantitative estimate of drug-likeness (QED) is 0.278. The van der Waals surface area contributed by atoms with Crippen molar-refractivity contribution in [2.45, 2.75) is 44.1 Å². The van der Waals surface area contributed by atoms with Crippen LogP contribution in [0.15, 0.2) is 4.99 Å². The minimum absolute atomic E-state index is 0. The van der Waals surface area contributed by atoms with Gasteiger partial charge in [0.25, 0.3) is 0 Å². The van der Waals surface area contributed by atoms with Gasteiger partial charge < -0.3 is 19.7 Å². The lowest BCUT2D eigenvalue weighted by molar-refractivity contribution is -0.146. The number of likely N-dealkylation sites (tertiary alicyclic amines) is 2. The number of hydrogen-bond donors (Lipinski definition) is 1. The van der Waals surface area contributed by atoms with Crippen LogP contribution in [-0.4, -0.2) is 87.4 Å². The maximum Gasteiger partial charge on any atom is 0.308 e. The number of nitrogens with zero attached hydrogens (tertiary/aromatic N) is 3. The highest BCUT2D eigenvalue weighted by Crippen LogP contribution is 2.31. The van der Waals surface area contributed by atoms with Crippen molar-refractivity contribution in [3.63, 3.8) is 0 Å². The largest absolute Gasteiger partial charge is 0.469 e. The zero-order chi connectivity index (χ0) is 18.4. The monoisotopic (exact) mass is 494 g/mol. The van der Waals surface area contributed by atoms with E-state index in [4.69, 9.17) is 9.47 Å². The van der Waals surface area contributed by atoms with Gasteiger partial charge in [0.15, 0.2) is 5.96 Å². The van der Waals surface area contributed by atoms with Crippen molar-refractivity contribution in [3.05, 3.63) is 0 Å². The van der Waals surface area contributed by atoms with Gasteiger partial charge in [-0.2, -0.15) is 0 Å². The molecule has 0 saturated carbocycles. The summed E-state index contributed by atoms with van der Waals surface area (Å²) in [5, 5.41) is 3.65. The van der Waals surface area contributed by atoms with Crippen molar-refractivity contribution >= 4 is 35.9 Å². The lowest BCUT2D eigenvalue weighted by Crippen LogP contribution is -2.59. The predicted molar refractivity (Wildman–Crippen MR) is 117 cm³/mol. The van der Waals surface area contributed by atoms with E-state index in [0.29, 0.717) is 0 Å². The van der Waals surface area contributed by atoms with Crippen molar-refractivity contribution in [2.24, 2.45) is 10.9 Å². The molecule has 0 bridgehead atoms. The zero-order valence-corrected chi connectivity index (χ0v) is 19.1. The number of halogens is 1. The predicted octanol–water partition coefficient (Wildman–Crippen LogP) is 1.71. The number of carbonyl (C=O) groups excluding carboxylic acids is 1. The number of ether oxygens (including phenoxy) is 2. The fourth-order valence-electron chi connectivity index (χ4n) is 4.62. The number of guanidine groups is 1. The first-order chi connectivity index (χ1) is 12.7. The summed E-state index contributed by atoms with van der Waals surface area (Å²) in [6.07, 6.45) is 6.44. The van der Waals surface area contributed by atoms with E-state index >= 15 is 0 Å². The molecule has 0 aromatic heterocycles.